The topological polar surface area (TPSA) is 56.8 Å². The van der Waals surface area contributed by atoms with E-state index in [4.69, 9.17) is 14.2 Å². The number of ether oxygens (including phenoxy) is 3. The summed E-state index contributed by atoms with van der Waals surface area (Å²) in [6, 6.07) is 1.69. The fourth-order valence-electron chi connectivity index (χ4n) is 2.06. The molecule has 0 bridgehead atoms. The molecule has 0 aromatic heterocycles. The third-order valence-electron chi connectivity index (χ3n) is 2.84. The van der Waals surface area contributed by atoms with Crippen LogP contribution >= 0.6 is 0 Å². The van der Waals surface area contributed by atoms with E-state index >= 15 is 0 Å². The zero-order chi connectivity index (χ0) is 12.4. The maximum Gasteiger partial charge on any atom is 0.251 e. The van der Waals surface area contributed by atoms with Gasteiger partial charge >= 0.3 is 0 Å². The van der Waals surface area contributed by atoms with Crippen LogP contribution in [0.4, 0.5) is 0 Å². The minimum atomic E-state index is -0.106. The standard InChI is InChI=1S/C12H15NO4/c1-15-9-6-8-7(4-5-13-12(8)14)10(16-2)11(9)17-3/h6H,4-5H2,1-3H3,(H,13,14). The molecular formula is C12H15NO4. The van der Waals surface area contributed by atoms with Gasteiger partial charge in [0, 0.05) is 12.1 Å². The van der Waals surface area contributed by atoms with Crippen molar-refractivity contribution in [2.45, 2.75) is 6.42 Å². The molecule has 1 amide bonds. The molecule has 17 heavy (non-hydrogen) atoms. The lowest BCUT2D eigenvalue weighted by molar-refractivity contribution is 0.0944. The summed E-state index contributed by atoms with van der Waals surface area (Å²) in [6.07, 6.45) is 0.727. The van der Waals surface area contributed by atoms with E-state index < -0.39 is 0 Å². The number of carbonyl (C=O) groups excluding carboxylic acids is 1. The molecule has 2 rings (SSSR count). The predicted molar refractivity (Wildman–Crippen MR) is 62.1 cm³/mol. The Morgan fingerprint density at radius 2 is 1.82 bits per heavy atom. The molecular weight excluding hydrogens is 222 g/mol. The van der Waals surface area contributed by atoms with Gasteiger partial charge in [0.25, 0.3) is 5.91 Å². The molecule has 1 heterocycles. The van der Waals surface area contributed by atoms with E-state index in [9.17, 15) is 4.79 Å². The number of carbonyl (C=O) groups is 1. The summed E-state index contributed by atoms with van der Waals surface area (Å²) in [7, 11) is 4.64. The van der Waals surface area contributed by atoms with E-state index in [1.165, 1.54) is 7.11 Å². The molecule has 0 aliphatic carbocycles. The highest BCUT2D eigenvalue weighted by Crippen LogP contribution is 2.42. The Balaban J connectivity index is 2.68. The van der Waals surface area contributed by atoms with Crippen molar-refractivity contribution in [1.29, 1.82) is 0 Å². The molecule has 0 atom stereocenters. The Morgan fingerprint density at radius 1 is 1.12 bits per heavy atom. The maximum atomic E-state index is 11.8. The Labute approximate surface area is 99.7 Å². The van der Waals surface area contributed by atoms with Crippen LogP contribution in [0.15, 0.2) is 6.07 Å². The zero-order valence-electron chi connectivity index (χ0n) is 10.1. The van der Waals surface area contributed by atoms with Crippen LogP contribution in [0.3, 0.4) is 0 Å². The normalized spacial score (nSPS) is 13.7. The number of fused-ring (bicyclic) bond motifs is 1. The van der Waals surface area contributed by atoms with Gasteiger partial charge in [0.15, 0.2) is 11.5 Å². The lowest BCUT2D eigenvalue weighted by Gasteiger charge is -2.22. The summed E-state index contributed by atoms with van der Waals surface area (Å²) in [5.74, 6) is 1.51. The van der Waals surface area contributed by atoms with Gasteiger partial charge in [-0.3, -0.25) is 4.79 Å². The van der Waals surface area contributed by atoms with Gasteiger partial charge in [0.1, 0.15) is 0 Å². The molecule has 5 nitrogen and oxygen atoms in total. The van der Waals surface area contributed by atoms with Gasteiger partial charge in [0.2, 0.25) is 5.75 Å². The van der Waals surface area contributed by atoms with Gasteiger partial charge in [-0.1, -0.05) is 0 Å². The molecule has 92 valence electrons. The third-order valence-corrected chi connectivity index (χ3v) is 2.84. The first-order valence-electron chi connectivity index (χ1n) is 5.33. The predicted octanol–water partition coefficient (Wildman–Crippen LogP) is 0.998. The summed E-state index contributed by atoms with van der Waals surface area (Å²) in [5.41, 5.74) is 1.46. The minimum absolute atomic E-state index is 0.106. The molecule has 1 aromatic rings. The zero-order valence-corrected chi connectivity index (χ0v) is 10.1. The lowest BCUT2D eigenvalue weighted by Crippen LogP contribution is -2.32. The van der Waals surface area contributed by atoms with Crippen LogP contribution in [-0.4, -0.2) is 33.8 Å². The van der Waals surface area contributed by atoms with Crippen molar-refractivity contribution in [3.8, 4) is 17.2 Å². The summed E-state index contributed by atoms with van der Waals surface area (Å²) in [4.78, 5) is 11.8. The second kappa shape index (κ2) is 4.53. The van der Waals surface area contributed by atoms with Gasteiger partial charge in [-0.2, -0.15) is 0 Å². The van der Waals surface area contributed by atoms with Gasteiger partial charge in [0.05, 0.1) is 26.9 Å². The van der Waals surface area contributed by atoms with Crippen LogP contribution in [0.1, 0.15) is 15.9 Å². The molecule has 1 aromatic carbocycles. The molecule has 0 saturated heterocycles. The number of hydrogen-bond acceptors (Lipinski definition) is 4. The molecule has 1 N–H and O–H groups in total. The molecule has 1 aliphatic rings. The highest BCUT2D eigenvalue weighted by molar-refractivity contribution is 5.98. The van der Waals surface area contributed by atoms with Crippen molar-refractivity contribution in [2.75, 3.05) is 27.9 Å². The molecule has 0 radical (unpaired) electrons. The first-order valence-corrected chi connectivity index (χ1v) is 5.33. The van der Waals surface area contributed by atoms with E-state index in [0.29, 0.717) is 29.4 Å². The molecule has 0 unspecified atom stereocenters. The number of benzene rings is 1. The van der Waals surface area contributed by atoms with E-state index in [-0.39, 0.29) is 5.91 Å². The van der Waals surface area contributed by atoms with Crippen LogP contribution in [0.25, 0.3) is 0 Å². The number of hydrogen-bond donors (Lipinski definition) is 1. The van der Waals surface area contributed by atoms with Crippen LogP contribution < -0.4 is 19.5 Å². The van der Waals surface area contributed by atoms with Crippen molar-refractivity contribution in [1.82, 2.24) is 5.32 Å². The fourth-order valence-corrected chi connectivity index (χ4v) is 2.06. The summed E-state index contributed by atoms with van der Waals surface area (Å²) >= 11 is 0. The van der Waals surface area contributed by atoms with Gasteiger partial charge in [-0.25, -0.2) is 0 Å². The monoisotopic (exact) mass is 237 g/mol. The van der Waals surface area contributed by atoms with Crippen LogP contribution in [0.2, 0.25) is 0 Å². The highest BCUT2D eigenvalue weighted by Gasteiger charge is 2.26. The van der Waals surface area contributed by atoms with Crippen molar-refractivity contribution in [3.63, 3.8) is 0 Å². The number of amides is 1. The molecule has 0 spiro atoms. The quantitative estimate of drug-likeness (QED) is 0.852. The van der Waals surface area contributed by atoms with E-state index in [1.807, 2.05) is 0 Å². The average molecular weight is 237 g/mol. The Kier molecular flexibility index (Phi) is 3.08. The first-order chi connectivity index (χ1) is 8.22. The smallest absolute Gasteiger partial charge is 0.251 e. The second-order valence-electron chi connectivity index (χ2n) is 3.68. The van der Waals surface area contributed by atoms with Crippen molar-refractivity contribution >= 4 is 5.91 Å². The molecule has 1 aliphatic heterocycles. The van der Waals surface area contributed by atoms with E-state index in [2.05, 4.69) is 5.32 Å². The fraction of sp³-hybridized carbons (Fsp3) is 0.417. The van der Waals surface area contributed by atoms with Crippen LogP contribution in [0.5, 0.6) is 17.2 Å². The molecule has 0 fully saturated rings. The van der Waals surface area contributed by atoms with E-state index in [1.54, 1.807) is 20.3 Å². The number of rotatable bonds is 3. The molecule has 5 heteroatoms. The van der Waals surface area contributed by atoms with Crippen molar-refractivity contribution < 1.29 is 19.0 Å². The largest absolute Gasteiger partial charge is 0.493 e. The number of nitrogens with one attached hydrogen (secondary N) is 1. The van der Waals surface area contributed by atoms with Crippen molar-refractivity contribution in [3.05, 3.63) is 17.2 Å². The summed E-state index contributed by atoms with van der Waals surface area (Å²) in [5, 5.41) is 2.79. The maximum absolute atomic E-state index is 11.8. The first kappa shape index (κ1) is 11.6. The van der Waals surface area contributed by atoms with Gasteiger partial charge in [-0.05, 0) is 12.5 Å². The third kappa shape index (κ3) is 1.77. The lowest BCUT2D eigenvalue weighted by atomic mass is 9.98. The van der Waals surface area contributed by atoms with Crippen LogP contribution in [-0.2, 0) is 6.42 Å². The average Bonchev–Trinajstić information content (AvgIpc) is 2.36. The second-order valence-corrected chi connectivity index (χ2v) is 3.68. The van der Waals surface area contributed by atoms with E-state index in [0.717, 1.165) is 12.0 Å². The molecule has 0 saturated carbocycles. The highest BCUT2D eigenvalue weighted by atomic mass is 16.5. The SMILES string of the molecule is COc1cc2c(c(OC)c1OC)CCNC2=O. The summed E-state index contributed by atoms with van der Waals surface area (Å²) < 4.78 is 15.8. The Morgan fingerprint density at radius 3 is 2.41 bits per heavy atom. The van der Waals surface area contributed by atoms with Crippen molar-refractivity contribution in [2.24, 2.45) is 0 Å². The van der Waals surface area contributed by atoms with Crippen LogP contribution in [0, 0.1) is 0 Å². The Hall–Kier alpha value is -1.91. The minimum Gasteiger partial charge on any atom is -0.493 e. The number of methoxy groups -OCH3 is 3. The summed E-state index contributed by atoms with van der Waals surface area (Å²) in [6.45, 7) is 0.609. The van der Waals surface area contributed by atoms with Gasteiger partial charge < -0.3 is 19.5 Å². The van der Waals surface area contributed by atoms with Gasteiger partial charge in [-0.15, -0.1) is 0 Å². The Bertz CT molecular complexity index is 456.